The van der Waals surface area contributed by atoms with Crippen LogP contribution in [0, 0.1) is 3.57 Å². The van der Waals surface area contributed by atoms with Crippen LogP contribution in [-0.2, 0) is 25.7 Å². The van der Waals surface area contributed by atoms with Gasteiger partial charge in [0.25, 0.3) is 0 Å². The van der Waals surface area contributed by atoms with Gasteiger partial charge in [0.1, 0.15) is 0 Å². The molecule has 0 aliphatic heterocycles. The quantitative estimate of drug-likeness (QED) is 0.226. The Balaban J connectivity index is 0.000000125. The molecule has 0 saturated heterocycles. The van der Waals surface area contributed by atoms with Crippen LogP contribution < -0.4 is 0 Å². The Morgan fingerprint density at radius 3 is 1.28 bits per heavy atom. The third-order valence-corrected chi connectivity index (χ3v) is 6.70. The van der Waals surface area contributed by atoms with E-state index in [2.05, 4.69) is 114 Å². The van der Waals surface area contributed by atoms with Crippen molar-refractivity contribution in [3.8, 4) is 22.3 Å². The van der Waals surface area contributed by atoms with Crippen LogP contribution in [0.4, 0.5) is 0 Å². The molecule has 2 aliphatic carbocycles. The van der Waals surface area contributed by atoms with Crippen molar-refractivity contribution in [2.45, 2.75) is 25.7 Å². The Kier molecular flexibility index (Phi) is 5.24. The van der Waals surface area contributed by atoms with E-state index >= 15 is 0 Å². The minimum Gasteiger partial charge on any atom is -0.0620 e. The van der Waals surface area contributed by atoms with E-state index in [1.165, 1.54) is 73.8 Å². The molecule has 0 atom stereocenters. The SMILES string of the molecule is Ic1ccc2c(c1)CCc1ccccc1-2.c1ccc2c(c1)CCc1ccccc1-2. The Labute approximate surface area is 186 Å². The number of hydrogen-bond donors (Lipinski definition) is 0. The molecule has 4 aromatic rings. The van der Waals surface area contributed by atoms with Crippen molar-refractivity contribution in [1.82, 2.24) is 0 Å². The molecular weight excluding hydrogens is 463 g/mol. The molecule has 0 saturated carbocycles. The maximum Gasteiger partial charge on any atom is 0.0133 e. The summed E-state index contributed by atoms with van der Waals surface area (Å²) in [6.45, 7) is 0. The molecule has 0 N–H and O–H groups in total. The van der Waals surface area contributed by atoms with Crippen LogP contribution in [0.25, 0.3) is 22.3 Å². The second-order valence-electron chi connectivity index (χ2n) is 7.77. The van der Waals surface area contributed by atoms with Gasteiger partial charge in [0, 0.05) is 3.57 Å². The number of fused-ring (bicyclic) bond motifs is 6. The maximum absolute atomic E-state index is 2.39. The molecular formula is C28H23I. The highest BCUT2D eigenvalue weighted by molar-refractivity contribution is 14.1. The van der Waals surface area contributed by atoms with Crippen molar-refractivity contribution >= 4 is 22.6 Å². The fraction of sp³-hybridized carbons (Fsp3) is 0.143. The second-order valence-corrected chi connectivity index (χ2v) is 9.02. The van der Waals surface area contributed by atoms with Gasteiger partial charge >= 0.3 is 0 Å². The third kappa shape index (κ3) is 3.76. The summed E-state index contributed by atoms with van der Waals surface area (Å²) in [4.78, 5) is 0. The topological polar surface area (TPSA) is 0 Å². The number of aryl methyl sites for hydroxylation is 4. The van der Waals surface area contributed by atoms with Gasteiger partial charge in [-0.3, -0.25) is 0 Å². The summed E-state index contributed by atoms with van der Waals surface area (Å²) >= 11 is 2.39. The highest BCUT2D eigenvalue weighted by atomic mass is 127. The summed E-state index contributed by atoms with van der Waals surface area (Å²) in [5, 5.41) is 0. The highest BCUT2D eigenvalue weighted by Crippen LogP contribution is 2.34. The van der Waals surface area contributed by atoms with Crippen molar-refractivity contribution in [2.24, 2.45) is 0 Å². The van der Waals surface area contributed by atoms with E-state index in [-0.39, 0.29) is 0 Å². The monoisotopic (exact) mass is 486 g/mol. The van der Waals surface area contributed by atoms with Crippen molar-refractivity contribution in [1.29, 1.82) is 0 Å². The van der Waals surface area contributed by atoms with Gasteiger partial charge in [0.15, 0.2) is 0 Å². The predicted molar refractivity (Wildman–Crippen MR) is 131 cm³/mol. The molecule has 0 bridgehead atoms. The summed E-state index contributed by atoms with van der Waals surface area (Å²) in [5.41, 5.74) is 11.7. The van der Waals surface area contributed by atoms with E-state index in [9.17, 15) is 0 Å². The first-order chi connectivity index (χ1) is 14.3. The Morgan fingerprint density at radius 1 is 0.414 bits per heavy atom. The first-order valence-corrected chi connectivity index (χ1v) is 11.4. The van der Waals surface area contributed by atoms with Crippen LogP contribution in [0.2, 0.25) is 0 Å². The molecule has 0 nitrogen and oxygen atoms in total. The fourth-order valence-electron chi connectivity index (χ4n) is 4.57. The molecule has 0 spiro atoms. The minimum absolute atomic E-state index is 1.18. The lowest BCUT2D eigenvalue weighted by molar-refractivity contribution is 0.941. The normalized spacial score (nSPS) is 13.1. The molecule has 0 heterocycles. The van der Waals surface area contributed by atoms with Gasteiger partial charge in [-0.05, 0) is 105 Å². The molecule has 4 aromatic carbocycles. The second kappa shape index (κ2) is 8.16. The summed E-state index contributed by atoms with van der Waals surface area (Å²) in [6, 6.07) is 33.0. The summed E-state index contributed by atoms with van der Waals surface area (Å²) in [5.74, 6) is 0. The molecule has 29 heavy (non-hydrogen) atoms. The molecule has 1 heteroatoms. The van der Waals surface area contributed by atoms with Gasteiger partial charge in [0.05, 0.1) is 0 Å². The summed E-state index contributed by atoms with van der Waals surface area (Å²) < 4.78 is 1.34. The Hall–Kier alpha value is -2.39. The standard InChI is InChI=1S/C14H11I.C14H12/c15-12-7-8-14-11(9-12)6-5-10-3-1-2-4-13(10)14;1-3-7-13-11(5-1)9-10-12-6-2-4-8-14(12)13/h1-4,7-9H,5-6H2;1-8H,9-10H2. The average Bonchev–Trinajstić information content (AvgIpc) is 2.79. The zero-order chi connectivity index (χ0) is 19.6. The first kappa shape index (κ1) is 18.6. The number of rotatable bonds is 0. The van der Waals surface area contributed by atoms with Crippen LogP contribution in [-0.4, -0.2) is 0 Å². The summed E-state index contributed by atoms with van der Waals surface area (Å²) in [7, 11) is 0. The van der Waals surface area contributed by atoms with Crippen LogP contribution >= 0.6 is 22.6 Å². The molecule has 0 amide bonds. The summed E-state index contributed by atoms with van der Waals surface area (Å²) in [6.07, 6.45) is 4.74. The molecule has 0 radical (unpaired) electrons. The van der Waals surface area contributed by atoms with E-state index in [4.69, 9.17) is 0 Å². The molecule has 142 valence electrons. The molecule has 0 fully saturated rings. The zero-order valence-corrected chi connectivity index (χ0v) is 18.5. The van der Waals surface area contributed by atoms with Crippen LogP contribution in [0.5, 0.6) is 0 Å². The van der Waals surface area contributed by atoms with Gasteiger partial charge in [-0.15, -0.1) is 0 Å². The smallest absolute Gasteiger partial charge is 0.0133 e. The molecule has 2 aliphatic rings. The lowest BCUT2D eigenvalue weighted by atomic mass is 9.86. The van der Waals surface area contributed by atoms with Crippen LogP contribution in [0.15, 0.2) is 91.0 Å². The fourth-order valence-corrected chi connectivity index (χ4v) is 5.13. The third-order valence-electron chi connectivity index (χ3n) is 6.03. The van der Waals surface area contributed by atoms with Crippen molar-refractivity contribution in [2.75, 3.05) is 0 Å². The average molecular weight is 486 g/mol. The lowest BCUT2D eigenvalue weighted by Gasteiger charge is -2.19. The van der Waals surface area contributed by atoms with Gasteiger partial charge in [-0.2, -0.15) is 0 Å². The number of benzene rings is 4. The largest absolute Gasteiger partial charge is 0.0620 e. The number of hydrogen-bond acceptors (Lipinski definition) is 0. The maximum atomic E-state index is 2.39. The number of halogens is 1. The van der Waals surface area contributed by atoms with E-state index in [0.29, 0.717) is 0 Å². The predicted octanol–water partition coefficient (Wildman–Crippen LogP) is 7.51. The van der Waals surface area contributed by atoms with Crippen molar-refractivity contribution in [3.63, 3.8) is 0 Å². The molecule has 0 aromatic heterocycles. The molecule has 6 rings (SSSR count). The minimum atomic E-state index is 1.18. The van der Waals surface area contributed by atoms with E-state index in [1.807, 2.05) is 0 Å². The van der Waals surface area contributed by atoms with Crippen LogP contribution in [0.3, 0.4) is 0 Å². The Morgan fingerprint density at radius 2 is 0.793 bits per heavy atom. The lowest BCUT2D eigenvalue weighted by Crippen LogP contribution is -2.03. The van der Waals surface area contributed by atoms with E-state index in [0.717, 1.165) is 0 Å². The molecule has 0 unspecified atom stereocenters. The van der Waals surface area contributed by atoms with Gasteiger partial charge in [0.2, 0.25) is 0 Å². The highest BCUT2D eigenvalue weighted by Gasteiger charge is 2.15. The van der Waals surface area contributed by atoms with Gasteiger partial charge in [-0.25, -0.2) is 0 Å². The first-order valence-electron chi connectivity index (χ1n) is 10.3. The van der Waals surface area contributed by atoms with Crippen molar-refractivity contribution in [3.05, 3.63) is 117 Å². The van der Waals surface area contributed by atoms with Crippen molar-refractivity contribution < 1.29 is 0 Å². The Bertz CT molecular complexity index is 1130. The van der Waals surface area contributed by atoms with Gasteiger partial charge in [-0.1, -0.05) is 78.9 Å². The van der Waals surface area contributed by atoms with E-state index in [1.54, 1.807) is 0 Å². The van der Waals surface area contributed by atoms with E-state index < -0.39 is 0 Å². The van der Waals surface area contributed by atoms with Gasteiger partial charge < -0.3 is 0 Å². The van der Waals surface area contributed by atoms with Crippen LogP contribution in [0.1, 0.15) is 22.3 Å². The zero-order valence-electron chi connectivity index (χ0n) is 16.4.